The van der Waals surface area contributed by atoms with Gasteiger partial charge < -0.3 is 11.1 Å². The Hall–Kier alpha value is -1.35. The fraction of sp³-hybridized carbons (Fsp3) is 0.462. The van der Waals surface area contributed by atoms with Crippen molar-refractivity contribution in [2.75, 3.05) is 0 Å². The summed E-state index contributed by atoms with van der Waals surface area (Å²) in [5, 5.41) is 3.01. The summed E-state index contributed by atoms with van der Waals surface area (Å²) in [5.74, 6) is 0.0522. The molecule has 1 amide bonds. The van der Waals surface area contributed by atoms with Gasteiger partial charge in [-0.05, 0) is 25.3 Å². The molecule has 0 spiro atoms. The predicted octanol–water partition coefficient (Wildman–Crippen LogP) is 1.75. The maximum atomic E-state index is 11.7. The largest absolute Gasteiger partial charge is 0.351 e. The Morgan fingerprint density at radius 3 is 2.62 bits per heavy atom. The van der Waals surface area contributed by atoms with Gasteiger partial charge in [0.2, 0.25) is 5.91 Å². The van der Waals surface area contributed by atoms with Gasteiger partial charge in [0.15, 0.2) is 0 Å². The second-order valence-corrected chi connectivity index (χ2v) is 4.83. The predicted molar refractivity (Wildman–Crippen MR) is 63.8 cm³/mol. The molecule has 0 bridgehead atoms. The summed E-state index contributed by atoms with van der Waals surface area (Å²) in [6.45, 7) is 2.07. The third-order valence-electron chi connectivity index (χ3n) is 3.07. The topological polar surface area (TPSA) is 55.1 Å². The molecule has 1 fully saturated rings. The minimum atomic E-state index is -0.205. The first kappa shape index (κ1) is 11.1. The summed E-state index contributed by atoms with van der Waals surface area (Å²) in [4.78, 5) is 11.7. The highest BCUT2D eigenvalue weighted by Gasteiger charge is 2.38. The van der Waals surface area contributed by atoms with E-state index in [1.807, 2.05) is 30.3 Å². The lowest BCUT2D eigenvalue weighted by atomic mass is 10.0. The van der Waals surface area contributed by atoms with E-state index in [0.29, 0.717) is 6.42 Å². The zero-order valence-electron chi connectivity index (χ0n) is 9.57. The molecule has 2 rings (SSSR count). The van der Waals surface area contributed by atoms with Crippen LogP contribution in [0.1, 0.15) is 37.8 Å². The number of rotatable bonds is 4. The van der Waals surface area contributed by atoms with Gasteiger partial charge in [-0.25, -0.2) is 0 Å². The van der Waals surface area contributed by atoms with Crippen molar-refractivity contribution in [1.29, 1.82) is 0 Å². The second-order valence-electron chi connectivity index (χ2n) is 4.83. The van der Waals surface area contributed by atoms with Crippen LogP contribution in [0.3, 0.4) is 0 Å². The SMILES string of the molecule is CC1(NC(=O)CC(N)c2ccccc2)CC1. The van der Waals surface area contributed by atoms with Crippen LogP contribution >= 0.6 is 0 Å². The summed E-state index contributed by atoms with van der Waals surface area (Å²) in [6, 6.07) is 9.53. The van der Waals surface area contributed by atoms with Crippen LogP contribution in [0.4, 0.5) is 0 Å². The number of hydrogen-bond acceptors (Lipinski definition) is 2. The fourth-order valence-electron chi connectivity index (χ4n) is 1.72. The summed E-state index contributed by atoms with van der Waals surface area (Å²) in [5.41, 5.74) is 7.04. The average molecular weight is 218 g/mol. The Bertz CT molecular complexity index is 371. The van der Waals surface area contributed by atoms with E-state index in [9.17, 15) is 4.79 Å². The lowest BCUT2D eigenvalue weighted by Crippen LogP contribution is -2.36. The third-order valence-corrected chi connectivity index (χ3v) is 3.07. The van der Waals surface area contributed by atoms with E-state index in [2.05, 4.69) is 12.2 Å². The summed E-state index contributed by atoms with van der Waals surface area (Å²) >= 11 is 0. The Kier molecular flexibility index (Phi) is 2.97. The third kappa shape index (κ3) is 2.83. The molecule has 3 N–H and O–H groups in total. The molecule has 0 aromatic heterocycles. The highest BCUT2D eigenvalue weighted by atomic mass is 16.1. The van der Waals surface area contributed by atoms with E-state index in [4.69, 9.17) is 5.73 Å². The van der Waals surface area contributed by atoms with Crippen LogP contribution in [0.15, 0.2) is 30.3 Å². The van der Waals surface area contributed by atoms with Crippen molar-refractivity contribution < 1.29 is 4.79 Å². The van der Waals surface area contributed by atoms with Gasteiger partial charge in [-0.1, -0.05) is 30.3 Å². The van der Waals surface area contributed by atoms with Gasteiger partial charge in [-0.15, -0.1) is 0 Å². The summed E-state index contributed by atoms with van der Waals surface area (Å²) in [7, 11) is 0. The zero-order chi connectivity index (χ0) is 11.6. The fourth-order valence-corrected chi connectivity index (χ4v) is 1.72. The lowest BCUT2D eigenvalue weighted by Gasteiger charge is -2.15. The van der Waals surface area contributed by atoms with Gasteiger partial charge in [-0.2, -0.15) is 0 Å². The Morgan fingerprint density at radius 2 is 2.06 bits per heavy atom. The van der Waals surface area contributed by atoms with Gasteiger partial charge in [0, 0.05) is 18.0 Å². The van der Waals surface area contributed by atoms with E-state index < -0.39 is 0 Å². The van der Waals surface area contributed by atoms with Gasteiger partial charge in [0.05, 0.1) is 0 Å². The highest BCUT2D eigenvalue weighted by Crippen LogP contribution is 2.34. The molecule has 1 unspecified atom stereocenters. The smallest absolute Gasteiger partial charge is 0.222 e. The lowest BCUT2D eigenvalue weighted by molar-refractivity contribution is -0.122. The molecule has 0 aliphatic heterocycles. The van der Waals surface area contributed by atoms with Crippen LogP contribution in [0.5, 0.6) is 0 Å². The van der Waals surface area contributed by atoms with Crippen molar-refractivity contribution in [1.82, 2.24) is 5.32 Å². The summed E-state index contributed by atoms with van der Waals surface area (Å²) in [6.07, 6.45) is 2.53. The van der Waals surface area contributed by atoms with Crippen molar-refractivity contribution in [3.63, 3.8) is 0 Å². The highest BCUT2D eigenvalue weighted by molar-refractivity contribution is 5.78. The monoisotopic (exact) mass is 218 g/mol. The standard InChI is InChI=1S/C13H18N2O/c1-13(7-8-13)15-12(16)9-11(14)10-5-3-2-4-6-10/h2-6,11H,7-9,14H2,1H3,(H,15,16). The molecular formula is C13H18N2O. The molecule has 3 heteroatoms. The van der Waals surface area contributed by atoms with Gasteiger partial charge in [-0.3, -0.25) is 4.79 Å². The number of carbonyl (C=O) groups excluding carboxylic acids is 1. The molecule has 1 saturated carbocycles. The first-order valence-electron chi connectivity index (χ1n) is 5.71. The van der Waals surface area contributed by atoms with Crippen molar-refractivity contribution >= 4 is 5.91 Å². The molecule has 1 aromatic carbocycles. The van der Waals surface area contributed by atoms with Crippen molar-refractivity contribution in [2.45, 2.75) is 37.8 Å². The van der Waals surface area contributed by atoms with Gasteiger partial charge >= 0.3 is 0 Å². The molecule has 86 valence electrons. The number of carbonyl (C=O) groups is 1. The zero-order valence-corrected chi connectivity index (χ0v) is 9.57. The molecule has 0 saturated heterocycles. The van der Waals surface area contributed by atoms with Crippen LogP contribution in [0.2, 0.25) is 0 Å². The van der Waals surface area contributed by atoms with E-state index >= 15 is 0 Å². The van der Waals surface area contributed by atoms with E-state index in [1.165, 1.54) is 0 Å². The molecule has 1 atom stereocenters. The van der Waals surface area contributed by atoms with Crippen LogP contribution in [0.25, 0.3) is 0 Å². The molecule has 1 aliphatic rings. The van der Waals surface area contributed by atoms with E-state index in [-0.39, 0.29) is 17.5 Å². The molecule has 16 heavy (non-hydrogen) atoms. The van der Waals surface area contributed by atoms with Crippen molar-refractivity contribution in [3.8, 4) is 0 Å². The maximum absolute atomic E-state index is 11.7. The van der Waals surface area contributed by atoms with Crippen LogP contribution < -0.4 is 11.1 Å². The van der Waals surface area contributed by atoms with Crippen molar-refractivity contribution in [3.05, 3.63) is 35.9 Å². The Morgan fingerprint density at radius 1 is 1.44 bits per heavy atom. The van der Waals surface area contributed by atoms with Crippen LogP contribution in [0, 0.1) is 0 Å². The molecule has 0 heterocycles. The Labute approximate surface area is 96.0 Å². The first-order valence-corrected chi connectivity index (χ1v) is 5.71. The quantitative estimate of drug-likeness (QED) is 0.809. The van der Waals surface area contributed by atoms with Crippen molar-refractivity contribution in [2.24, 2.45) is 5.73 Å². The van der Waals surface area contributed by atoms with Crippen LogP contribution in [-0.2, 0) is 4.79 Å². The maximum Gasteiger partial charge on any atom is 0.222 e. The molecule has 0 radical (unpaired) electrons. The number of nitrogens with two attached hydrogens (primary N) is 1. The molecule has 1 aromatic rings. The average Bonchev–Trinajstić information content (AvgIpc) is 2.96. The molecule has 3 nitrogen and oxygen atoms in total. The number of benzene rings is 1. The normalized spacial score (nSPS) is 18.9. The second kappa shape index (κ2) is 4.26. The Balaban J connectivity index is 1.87. The molecule has 1 aliphatic carbocycles. The number of nitrogens with one attached hydrogen (secondary N) is 1. The minimum Gasteiger partial charge on any atom is -0.351 e. The van der Waals surface area contributed by atoms with Crippen LogP contribution in [-0.4, -0.2) is 11.4 Å². The van der Waals surface area contributed by atoms with Gasteiger partial charge in [0.1, 0.15) is 0 Å². The van der Waals surface area contributed by atoms with E-state index in [0.717, 1.165) is 18.4 Å². The summed E-state index contributed by atoms with van der Waals surface area (Å²) < 4.78 is 0. The number of amides is 1. The number of hydrogen-bond donors (Lipinski definition) is 2. The molecular weight excluding hydrogens is 200 g/mol. The minimum absolute atomic E-state index is 0.0491. The van der Waals surface area contributed by atoms with E-state index in [1.54, 1.807) is 0 Å². The first-order chi connectivity index (χ1) is 7.59. The van der Waals surface area contributed by atoms with Gasteiger partial charge in [0.25, 0.3) is 0 Å².